The average molecular weight is 296 g/mol. The van der Waals surface area contributed by atoms with Crippen LogP contribution in [0.3, 0.4) is 0 Å². The molecule has 0 aromatic rings. The van der Waals surface area contributed by atoms with Crippen LogP contribution in [-0.4, -0.2) is 61.7 Å². The standard InChI is InChI=1S/C18H37N3/c1-6-9-19-17-12-14(2)11-15(3)18(17)21-10-7-8-16(21)13-20(4)5/h14-19H,6-13H2,1-5H3. The average Bonchev–Trinajstić information content (AvgIpc) is 2.82. The molecule has 3 heteroatoms. The predicted molar refractivity (Wildman–Crippen MR) is 91.7 cm³/mol. The van der Waals surface area contributed by atoms with Crippen molar-refractivity contribution in [1.82, 2.24) is 15.1 Å². The molecule has 1 saturated carbocycles. The fourth-order valence-corrected chi connectivity index (χ4v) is 4.80. The van der Waals surface area contributed by atoms with Gasteiger partial charge in [-0.3, -0.25) is 4.90 Å². The van der Waals surface area contributed by atoms with E-state index < -0.39 is 0 Å². The summed E-state index contributed by atoms with van der Waals surface area (Å²) in [6.07, 6.45) is 6.78. The number of nitrogens with one attached hydrogen (secondary N) is 1. The Labute approximate surface area is 132 Å². The van der Waals surface area contributed by atoms with E-state index in [4.69, 9.17) is 0 Å². The van der Waals surface area contributed by atoms with E-state index in [0.717, 1.165) is 23.9 Å². The van der Waals surface area contributed by atoms with Gasteiger partial charge in [0, 0.05) is 24.7 Å². The van der Waals surface area contributed by atoms with E-state index in [1.54, 1.807) is 0 Å². The second kappa shape index (κ2) is 7.94. The predicted octanol–water partition coefficient (Wildman–Crippen LogP) is 2.82. The van der Waals surface area contributed by atoms with Crippen molar-refractivity contribution in [1.29, 1.82) is 0 Å². The molecular formula is C18H37N3. The lowest BCUT2D eigenvalue weighted by Crippen LogP contribution is -2.59. The van der Waals surface area contributed by atoms with Crippen molar-refractivity contribution in [2.75, 3.05) is 33.7 Å². The molecule has 0 bridgehead atoms. The van der Waals surface area contributed by atoms with E-state index in [1.165, 1.54) is 51.7 Å². The van der Waals surface area contributed by atoms with Crippen molar-refractivity contribution in [2.24, 2.45) is 11.8 Å². The van der Waals surface area contributed by atoms with Gasteiger partial charge in [-0.1, -0.05) is 20.8 Å². The zero-order valence-corrected chi connectivity index (χ0v) is 14.9. The van der Waals surface area contributed by atoms with Crippen LogP contribution in [0.25, 0.3) is 0 Å². The molecule has 3 nitrogen and oxygen atoms in total. The van der Waals surface area contributed by atoms with Gasteiger partial charge in [-0.15, -0.1) is 0 Å². The highest BCUT2D eigenvalue weighted by Gasteiger charge is 2.41. The van der Waals surface area contributed by atoms with Gasteiger partial charge in [0.1, 0.15) is 0 Å². The number of nitrogens with zero attached hydrogens (tertiary/aromatic N) is 2. The summed E-state index contributed by atoms with van der Waals surface area (Å²) in [5, 5.41) is 3.88. The fraction of sp³-hybridized carbons (Fsp3) is 1.00. The third-order valence-electron chi connectivity index (χ3n) is 5.46. The minimum atomic E-state index is 0.700. The molecule has 1 aliphatic carbocycles. The minimum absolute atomic E-state index is 0.700. The monoisotopic (exact) mass is 295 g/mol. The van der Waals surface area contributed by atoms with Gasteiger partial charge in [0.05, 0.1) is 0 Å². The molecule has 2 rings (SSSR count). The lowest BCUT2D eigenvalue weighted by molar-refractivity contribution is 0.0449. The van der Waals surface area contributed by atoms with Gasteiger partial charge < -0.3 is 10.2 Å². The topological polar surface area (TPSA) is 18.5 Å². The lowest BCUT2D eigenvalue weighted by atomic mass is 9.75. The van der Waals surface area contributed by atoms with Crippen LogP contribution >= 0.6 is 0 Å². The highest BCUT2D eigenvalue weighted by Crippen LogP contribution is 2.36. The van der Waals surface area contributed by atoms with Crippen LogP contribution in [0.1, 0.15) is 52.9 Å². The number of likely N-dealkylation sites (N-methyl/N-ethyl adjacent to an activating group) is 1. The van der Waals surface area contributed by atoms with Gasteiger partial charge in [0.25, 0.3) is 0 Å². The highest BCUT2D eigenvalue weighted by atomic mass is 15.3. The Morgan fingerprint density at radius 1 is 1.19 bits per heavy atom. The molecule has 1 heterocycles. The number of likely N-dealkylation sites (tertiary alicyclic amines) is 1. The molecule has 2 aliphatic rings. The van der Waals surface area contributed by atoms with Crippen molar-refractivity contribution < 1.29 is 0 Å². The first-order valence-corrected chi connectivity index (χ1v) is 9.16. The Hall–Kier alpha value is -0.120. The minimum Gasteiger partial charge on any atom is -0.312 e. The molecule has 2 fully saturated rings. The molecule has 1 N–H and O–H groups in total. The van der Waals surface area contributed by atoms with Gasteiger partial charge in [0.15, 0.2) is 0 Å². The Kier molecular flexibility index (Phi) is 6.51. The molecule has 1 saturated heterocycles. The number of hydrogen-bond acceptors (Lipinski definition) is 3. The van der Waals surface area contributed by atoms with Gasteiger partial charge in [0.2, 0.25) is 0 Å². The van der Waals surface area contributed by atoms with Gasteiger partial charge in [-0.2, -0.15) is 0 Å². The second-order valence-electron chi connectivity index (χ2n) is 7.90. The van der Waals surface area contributed by atoms with E-state index in [0.29, 0.717) is 6.04 Å². The molecule has 0 radical (unpaired) electrons. The van der Waals surface area contributed by atoms with Crippen LogP contribution in [0.5, 0.6) is 0 Å². The van der Waals surface area contributed by atoms with Crippen molar-refractivity contribution in [3.8, 4) is 0 Å². The van der Waals surface area contributed by atoms with Crippen LogP contribution < -0.4 is 5.32 Å². The first-order valence-electron chi connectivity index (χ1n) is 9.16. The summed E-state index contributed by atoms with van der Waals surface area (Å²) in [4.78, 5) is 5.23. The summed E-state index contributed by atoms with van der Waals surface area (Å²) in [6.45, 7) is 10.9. The maximum atomic E-state index is 3.88. The molecular weight excluding hydrogens is 258 g/mol. The molecule has 124 valence electrons. The maximum Gasteiger partial charge on any atom is 0.0278 e. The summed E-state index contributed by atoms with van der Waals surface area (Å²) in [7, 11) is 4.44. The van der Waals surface area contributed by atoms with Crippen LogP contribution in [0.2, 0.25) is 0 Å². The van der Waals surface area contributed by atoms with Gasteiger partial charge in [-0.05, 0) is 71.1 Å². The Morgan fingerprint density at radius 3 is 2.62 bits per heavy atom. The molecule has 0 amide bonds. The summed E-state index contributed by atoms with van der Waals surface area (Å²) < 4.78 is 0. The Bertz CT molecular complexity index is 305. The molecule has 5 atom stereocenters. The van der Waals surface area contributed by atoms with E-state index in [9.17, 15) is 0 Å². The number of rotatable bonds is 6. The van der Waals surface area contributed by atoms with Crippen molar-refractivity contribution >= 4 is 0 Å². The SMILES string of the molecule is CCCNC1CC(C)CC(C)C1N1CCCC1CN(C)C. The van der Waals surface area contributed by atoms with E-state index in [1.807, 2.05) is 0 Å². The van der Waals surface area contributed by atoms with Crippen molar-refractivity contribution in [2.45, 2.75) is 71.0 Å². The lowest BCUT2D eigenvalue weighted by Gasteiger charge is -2.47. The Balaban J connectivity index is 2.08. The van der Waals surface area contributed by atoms with Crippen LogP contribution in [-0.2, 0) is 0 Å². The smallest absolute Gasteiger partial charge is 0.0278 e. The molecule has 0 aromatic carbocycles. The van der Waals surface area contributed by atoms with Crippen molar-refractivity contribution in [3.05, 3.63) is 0 Å². The van der Waals surface area contributed by atoms with Gasteiger partial charge in [-0.25, -0.2) is 0 Å². The fourth-order valence-electron chi connectivity index (χ4n) is 4.80. The molecule has 0 spiro atoms. The van der Waals surface area contributed by atoms with E-state index >= 15 is 0 Å². The van der Waals surface area contributed by atoms with Crippen LogP contribution in [0, 0.1) is 11.8 Å². The summed E-state index contributed by atoms with van der Waals surface area (Å²) in [6, 6.07) is 2.22. The van der Waals surface area contributed by atoms with E-state index in [-0.39, 0.29) is 0 Å². The quantitative estimate of drug-likeness (QED) is 0.813. The third kappa shape index (κ3) is 4.43. The molecule has 21 heavy (non-hydrogen) atoms. The number of hydrogen-bond donors (Lipinski definition) is 1. The van der Waals surface area contributed by atoms with Crippen molar-refractivity contribution in [3.63, 3.8) is 0 Å². The molecule has 1 aliphatic heterocycles. The highest BCUT2D eigenvalue weighted by molar-refractivity contribution is 4.98. The van der Waals surface area contributed by atoms with Crippen LogP contribution in [0.4, 0.5) is 0 Å². The first-order chi connectivity index (χ1) is 10.0. The summed E-state index contributed by atoms with van der Waals surface area (Å²) in [5.41, 5.74) is 0. The third-order valence-corrected chi connectivity index (χ3v) is 5.46. The zero-order valence-electron chi connectivity index (χ0n) is 14.9. The zero-order chi connectivity index (χ0) is 15.4. The summed E-state index contributed by atoms with van der Waals surface area (Å²) >= 11 is 0. The van der Waals surface area contributed by atoms with Gasteiger partial charge >= 0.3 is 0 Å². The normalized spacial score (nSPS) is 38.3. The van der Waals surface area contributed by atoms with E-state index in [2.05, 4.69) is 50.0 Å². The van der Waals surface area contributed by atoms with Crippen LogP contribution in [0.15, 0.2) is 0 Å². The first kappa shape index (κ1) is 17.2. The molecule has 5 unspecified atom stereocenters. The Morgan fingerprint density at radius 2 is 1.95 bits per heavy atom. The maximum absolute atomic E-state index is 3.88. The molecule has 0 aromatic heterocycles. The largest absolute Gasteiger partial charge is 0.312 e. The second-order valence-corrected chi connectivity index (χ2v) is 7.90. The summed E-state index contributed by atoms with van der Waals surface area (Å²) in [5.74, 6) is 1.70.